The van der Waals surface area contributed by atoms with Crippen LogP contribution in [-0.2, 0) is 0 Å². The van der Waals surface area contributed by atoms with E-state index >= 15 is 0 Å². The molecule has 0 saturated carbocycles. The number of carbonyl (C=O) groups excluding carboxylic acids is 1. The highest BCUT2D eigenvalue weighted by atomic mass is 79.9. The monoisotopic (exact) mass is 239 g/mol. The Balaban J connectivity index is 3.07. The molecule has 0 bridgehead atoms. The second-order valence-corrected chi connectivity index (χ2v) is 3.03. The molecule has 1 heterocycles. The van der Waals surface area contributed by atoms with Gasteiger partial charge in [-0.1, -0.05) is 0 Å². The lowest BCUT2D eigenvalue weighted by Gasteiger charge is -1.85. The third-order valence-corrected chi connectivity index (χ3v) is 1.86. The maximum atomic E-state index is 11.8. The van der Waals surface area contributed by atoms with Crippen molar-refractivity contribution in [1.29, 1.82) is 0 Å². The van der Waals surface area contributed by atoms with Crippen LogP contribution in [0.5, 0.6) is 0 Å². The van der Waals surface area contributed by atoms with Gasteiger partial charge in [0.1, 0.15) is 0 Å². The minimum absolute atomic E-state index is 0.0233. The summed E-state index contributed by atoms with van der Waals surface area (Å²) < 4.78 is 13.1. The molecular weight excluding hydrogens is 237 g/mol. The van der Waals surface area contributed by atoms with E-state index in [1.165, 1.54) is 6.20 Å². The smallest absolute Gasteiger partial charge is 0.270 e. The standard InChI is InChI=1S/C4H3BrFN3OS/c5-2-1-9(11-6)8-3(2)4(7)10/h1H,(H2,7,10). The molecule has 7 heteroatoms. The van der Waals surface area contributed by atoms with Crippen molar-refractivity contribution in [3.63, 3.8) is 0 Å². The summed E-state index contributed by atoms with van der Waals surface area (Å²) in [6, 6.07) is 0. The summed E-state index contributed by atoms with van der Waals surface area (Å²) in [5.41, 5.74) is 4.93. The molecule has 0 aliphatic heterocycles. The Morgan fingerprint density at radius 2 is 2.55 bits per heavy atom. The first-order valence-electron chi connectivity index (χ1n) is 2.49. The highest BCUT2D eigenvalue weighted by Crippen LogP contribution is 2.17. The number of aromatic nitrogens is 2. The predicted octanol–water partition coefficient (Wildman–Crippen LogP) is 1.13. The van der Waals surface area contributed by atoms with Gasteiger partial charge in [0.15, 0.2) is 18.0 Å². The van der Waals surface area contributed by atoms with Gasteiger partial charge >= 0.3 is 0 Å². The summed E-state index contributed by atoms with van der Waals surface area (Å²) in [6.07, 6.45) is 1.31. The van der Waals surface area contributed by atoms with Crippen molar-refractivity contribution < 1.29 is 8.68 Å². The number of carbonyl (C=O) groups is 1. The topological polar surface area (TPSA) is 60.9 Å². The first-order valence-corrected chi connectivity index (χ1v) is 3.96. The van der Waals surface area contributed by atoms with Crippen LogP contribution in [0.15, 0.2) is 10.7 Å². The zero-order valence-electron chi connectivity index (χ0n) is 5.12. The van der Waals surface area contributed by atoms with E-state index in [0.717, 1.165) is 4.09 Å². The molecule has 0 unspecified atom stereocenters. The number of amides is 1. The van der Waals surface area contributed by atoms with E-state index in [0.29, 0.717) is 4.47 Å². The van der Waals surface area contributed by atoms with Gasteiger partial charge in [-0.05, 0) is 15.9 Å². The van der Waals surface area contributed by atoms with Crippen molar-refractivity contribution >= 4 is 34.2 Å². The molecule has 0 aliphatic carbocycles. The van der Waals surface area contributed by atoms with E-state index in [2.05, 4.69) is 21.0 Å². The molecule has 0 radical (unpaired) electrons. The minimum Gasteiger partial charge on any atom is -0.364 e. The molecule has 60 valence electrons. The summed E-state index contributed by atoms with van der Waals surface area (Å²) in [4.78, 5) is 10.5. The molecule has 4 nitrogen and oxygen atoms in total. The molecule has 2 N–H and O–H groups in total. The van der Waals surface area contributed by atoms with Crippen molar-refractivity contribution in [2.45, 2.75) is 0 Å². The van der Waals surface area contributed by atoms with E-state index in [9.17, 15) is 8.68 Å². The molecule has 0 aromatic carbocycles. The van der Waals surface area contributed by atoms with Crippen LogP contribution in [0.1, 0.15) is 10.5 Å². The molecule has 1 aromatic heterocycles. The first kappa shape index (κ1) is 8.54. The fourth-order valence-corrected chi connectivity index (χ4v) is 1.40. The lowest BCUT2D eigenvalue weighted by atomic mass is 10.4. The van der Waals surface area contributed by atoms with Crippen molar-refractivity contribution in [3.05, 3.63) is 16.4 Å². The van der Waals surface area contributed by atoms with Gasteiger partial charge in [-0.2, -0.15) is 9.19 Å². The van der Waals surface area contributed by atoms with Gasteiger partial charge in [-0.3, -0.25) is 4.79 Å². The van der Waals surface area contributed by atoms with Crippen LogP contribution in [0.2, 0.25) is 0 Å². The summed E-state index contributed by atoms with van der Waals surface area (Å²) in [7, 11) is 0. The average Bonchev–Trinajstić information content (AvgIpc) is 2.30. The summed E-state index contributed by atoms with van der Waals surface area (Å²) in [5, 5.41) is 3.51. The van der Waals surface area contributed by atoms with Crippen molar-refractivity contribution in [2.24, 2.45) is 5.73 Å². The number of nitrogens with zero attached hydrogens (tertiary/aromatic N) is 2. The Morgan fingerprint density at radius 1 is 1.91 bits per heavy atom. The number of nitrogens with two attached hydrogens (primary N) is 1. The van der Waals surface area contributed by atoms with Gasteiger partial charge in [0, 0.05) is 0 Å². The highest BCUT2D eigenvalue weighted by Gasteiger charge is 2.11. The quantitative estimate of drug-likeness (QED) is 0.842. The minimum atomic E-state index is -0.690. The molecular formula is C4H3BrFN3OS. The molecule has 0 saturated heterocycles. The fraction of sp³-hybridized carbons (Fsp3) is 0. The van der Waals surface area contributed by atoms with E-state index < -0.39 is 5.91 Å². The lowest BCUT2D eigenvalue weighted by Crippen LogP contribution is -2.12. The van der Waals surface area contributed by atoms with Gasteiger partial charge in [0.05, 0.1) is 10.7 Å². The number of hydrogen-bond donors (Lipinski definition) is 1. The van der Waals surface area contributed by atoms with E-state index in [-0.39, 0.29) is 18.0 Å². The van der Waals surface area contributed by atoms with Crippen LogP contribution < -0.4 is 5.73 Å². The van der Waals surface area contributed by atoms with Gasteiger partial charge in [0.2, 0.25) is 0 Å². The number of primary amides is 1. The van der Waals surface area contributed by atoms with Crippen LogP contribution in [0.25, 0.3) is 0 Å². The molecule has 0 fully saturated rings. The molecule has 0 spiro atoms. The van der Waals surface area contributed by atoms with E-state index in [1.54, 1.807) is 0 Å². The van der Waals surface area contributed by atoms with Gasteiger partial charge < -0.3 is 5.73 Å². The van der Waals surface area contributed by atoms with Crippen molar-refractivity contribution in [3.8, 4) is 0 Å². The van der Waals surface area contributed by atoms with Crippen molar-refractivity contribution in [2.75, 3.05) is 0 Å². The van der Waals surface area contributed by atoms with Gasteiger partial charge in [-0.15, -0.1) is 3.89 Å². The summed E-state index contributed by atoms with van der Waals surface area (Å²) in [5.74, 6) is -0.690. The Labute approximate surface area is 74.5 Å². The van der Waals surface area contributed by atoms with Crippen molar-refractivity contribution in [1.82, 2.24) is 9.19 Å². The Kier molecular flexibility index (Phi) is 2.50. The van der Waals surface area contributed by atoms with Crippen LogP contribution >= 0.6 is 28.3 Å². The Bertz CT molecular complexity index is 289. The van der Waals surface area contributed by atoms with Crippen LogP contribution in [0, 0.1) is 0 Å². The second-order valence-electron chi connectivity index (χ2n) is 1.66. The normalized spacial score (nSPS) is 10.0. The first-order chi connectivity index (χ1) is 5.15. The van der Waals surface area contributed by atoms with Crippen LogP contribution in [-0.4, -0.2) is 15.1 Å². The van der Waals surface area contributed by atoms with E-state index in [1.807, 2.05) is 0 Å². The fourth-order valence-electron chi connectivity index (χ4n) is 0.536. The number of halogens is 2. The maximum absolute atomic E-state index is 11.8. The van der Waals surface area contributed by atoms with Crippen LogP contribution in [0.4, 0.5) is 3.89 Å². The van der Waals surface area contributed by atoms with Gasteiger partial charge in [0.25, 0.3) is 5.91 Å². The third kappa shape index (κ3) is 1.72. The zero-order valence-corrected chi connectivity index (χ0v) is 7.52. The molecule has 1 rings (SSSR count). The Hall–Kier alpha value is -0.560. The van der Waals surface area contributed by atoms with Gasteiger partial charge in [-0.25, -0.2) is 0 Å². The zero-order chi connectivity index (χ0) is 8.43. The Morgan fingerprint density at radius 3 is 2.82 bits per heavy atom. The number of rotatable bonds is 2. The second kappa shape index (κ2) is 3.22. The number of hydrogen-bond acceptors (Lipinski definition) is 3. The summed E-state index contributed by atoms with van der Waals surface area (Å²) >= 11 is 2.88. The molecule has 1 aromatic rings. The third-order valence-electron chi connectivity index (χ3n) is 0.953. The molecule has 0 atom stereocenters. The molecule has 0 aliphatic rings. The maximum Gasteiger partial charge on any atom is 0.270 e. The average molecular weight is 240 g/mol. The predicted molar refractivity (Wildman–Crippen MR) is 42.5 cm³/mol. The van der Waals surface area contributed by atoms with Crippen LogP contribution in [0.3, 0.4) is 0 Å². The molecule has 11 heavy (non-hydrogen) atoms. The summed E-state index contributed by atoms with van der Waals surface area (Å²) in [6.45, 7) is 0. The highest BCUT2D eigenvalue weighted by molar-refractivity contribution is 9.10. The molecule has 1 amide bonds. The lowest BCUT2D eigenvalue weighted by molar-refractivity contribution is 0.0994. The largest absolute Gasteiger partial charge is 0.364 e. The van der Waals surface area contributed by atoms with E-state index in [4.69, 9.17) is 5.73 Å². The SMILES string of the molecule is NC(=O)c1nn(SF)cc1Br.